The lowest BCUT2D eigenvalue weighted by Gasteiger charge is -2.62. The Labute approximate surface area is 205 Å². The topological polar surface area (TPSA) is 124 Å². The number of fused-ring (bicyclic) bond motifs is 5. The summed E-state index contributed by atoms with van der Waals surface area (Å²) in [5, 5.41) is 24.2. The lowest BCUT2D eigenvalue weighted by Crippen LogP contribution is -2.58. The van der Waals surface area contributed by atoms with Gasteiger partial charge in [0, 0.05) is 13.0 Å². The third-order valence-electron chi connectivity index (χ3n) is 10.9. The Kier molecular flexibility index (Phi) is 7.47. The molecule has 0 aromatic carbocycles. The van der Waals surface area contributed by atoms with Crippen LogP contribution in [0.25, 0.3) is 0 Å². The lowest BCUT2D eigenvalue weighted by molar-refractivity contribution is -0.174. The molecule has 0 aliphatic heterocycles. The minimum Gasteiger partial charge on any atom is -0.393 e. The number of aliphatic hydroxyl groups is 2. The number of rotatable bonds is 7. The zero-order valence-corrected chi connectivity index (χ0v) is 21.9. The molecule has 4 fully saturated rings. The molecule has 0 heterocycles. The van der Waals surface area contributed by atoms with Crippen molar-refractivity contribution >= 4 is 16.0 Å². The van der Waals surface area contributed by atoms with Crippen molar-refractivity contribution < 1.29 is 28.0 Å². The summed E-state index contributed by atoms with van der Waals surface area (Å²) in [6, 6.07) is 0. The lowest BCUT2D eigenvalue weighted by atomic mass is 9.43. The summed E-state index contributed by atoms with van der Waals surface area (Å²) in [5.74, 6) is 2.10. The predicted octanol–water partition coefficient (Wildman–Crippen LogP) is 3.40. The van der Waals surface area contributed by atoms with Crippen LogP contribution in [-0.2, 0) is 14.9 Å². The Bertz CT molecular complexity index is 863. The molecule has 34 heavy (non-hydrogen) atoms. The Morgan fingerprint density at radius 1 is 1.03 bits per heavy atom. The van der Waals surface area contributed by atoms with Gasteiger partial charge in [-0.15, -0.1) is 0 Å². The van der Waals surface area contributed by atoms with Crippen LogP contribution in [0, 0.1) is 46.3 Å². The molecule has 1 amide bonds. The monoisotopic (exact) mass is 499 g/mol. The van der Waals surface area contributed by atoms with Crippen LogP contribution in [0.4, 0.5) is 0 Å². The van der Waals surface area contributed by atoms with Crippen LogP contribution in [-0.4, -0.2) is 53.6 Å². The van der Waals surface area contributed by atoms with E-state index in [1.165, 1.54) is 6.42 Å². The van der Waals surface area contributed by atoms with E-state index in [-0.39, 0.29) is 35.5 Å². The van der Waals surface area contributed by atoms with Crippen LogP contribution in [0.15, 0.2) is 0 Å². The summed E-state index contributed by atoms with van der Waals surface area (Å²) < 4.78 is 30.5. The van der Waals surface area contributed by atoms with Gasteiger partial charge in [-0.2, -0.15) is 8.42 Å². The first kappa shape index (κ1) is 26.4. The van der Waals surface area contributed by atoms with E-state index >= 15 is 0 Å². The summed E-state index contributed by atoms with van der Waals surface area (Å²) >= 11 is 0. The second kappa shape index (κ2) is 9.64. The van der Waals surface area contributed by atoms with Gasteiger partial charge in [-0.3, -0.25) is 9.35 Å². The van der Waals surface area contributed by atoms with Crippen molar-refractivity contribution in [2.75, 3.05) is 12.3 Å². The highest BCUT2D eigenvalue weighted by Crippen LogP contribution is 2.68. The van der Waals surface area contributed by atoms with Crippen molar-refractivity contribution in [1.29, 1.82) is 0 Å². The van der Waals surface area contributed by atoms with Crippen LogP contribution < -0.4 is 5.32 Å². The van der Waals surface area contributed by atoms with E-state index in [9.17, 15) is 23.4 Å². The predicted molar refractivity (Wildman–Crippen MR) is 130 cm³/mol. The molecule has 0 saturated heterocycles. The van der Waals surface area contributed by atoms with E-state index in [0.717, 1.165) is 51.4 Å². The fraction of sp³-hybridized carbons (Fsp3) is 0.962. The molecule has 4 N–H and O–H groups in total. The average Bonchev–Trinajstić information content (AvgIpc) is 3.09. The summed E-state index contributed by atoms with van der Waals surface area (Å²) in [6.07, 6.45) is 8.87. The fourth-order valence-corrected chi connectivity index (χ4v) is 9.50. The largest absolute Gasteiger partial charge is 0.393 e. The van der Waals surface area contributed by atoms with E-state index in [2.05, 4.69) is 26.1 Å². The Morgan fingerprint density at radius 3 is 2.41 bits per heavy atom. The second-order valence-electron chi connectivity index (χ2n) is 12.6. The highest BCUT2D eigenvalue weighted by Gasteiger charge is 2.62. The van der Waals surface area contributed by atoms with Crippen molar-refractivity contribution in [3.05, 3.63) is 0 Å². The molecule has 4 rings (SSSR count). The molecule has 0 aromatic heterocycles. The Morgan fingerprint density at radius 2 is 1.71 bits per heavy atom. The average molecular weight is 500 g/mol. The van der Waals surface area contributed by atoms with E-state index < -0.39 is 15.9 Å². The summed E-state index contributed by atoms with van der Waals surface area (Å²) in [5.41, 5.74) is 0.411. The smallest absolute Gasteiger partial charge is 0.266 e. The van der Waals surface area contributed by atoms with Crippen molar-refractivity contribution in [1.82, 2.24) is 5.32 Å². The van der Waals surface area contributed by atoms with Gasteiger partial charge in [0.05, 0.1) is 18.0 Å². The number of nitrogens with one attached hydrogen (secondary N) is 1. The molecule has 4 aliphatic rings. The van der Waals surface area contributed by atoms with Gasteiger partial charge in [0.2, 0.25) is 5.91 Å². The van der Waals surface area contributed by atoms with Gasteiger partial charge in [0.25, 0.3) is 10.1 Å². The van der Waals surface area contributed by atoms with Gasteiger partial charge in [-0.25, -0.2) is 0 Å². The number of carbonyl (C=O) groups excluding carboxylic acids is 1. The number of aliphatic hydroxyl groups excluding tert-OH is 2. The van der Waals surface area contributed by atoms with Crippen molar-refractivity contribution in [2.24, 2.45) is 46.3 Å². The van der Waals surface area contributed by atoms with Gasteiger partial charge in [-0.1, -0.05) is 20.8 Å². The number of hydrogen-bond acceptors (Lipinski definition) is 5. The molecule has 7 nitrogen and oxygen atoms in total. The van der Waals surface area contributed by atoms with Crippen molar-refractivity contribution in [2.45, 2.75) is 97.2 Å². The molecular formula is C26H45NO6S. The zero-order valence-electron chi connectivity index (χ0n) is 21.1. The van der Waals surface area contributed by atoms with Gasteiger partial charge >= 0.3 is 0 Å². The van der Waals surface area contributed by atoms with Crippen LogP contribution in [0.1, 0.15) is 85.0 Å². The van der Waals surface area contributed by atoms with Crippen LogP contribution >= 0.6 is 0 Å². The number of amides is 1. The standard InChI is InChI=1S/C26H45NO6S/c1-16(4-7-23(30)27-12-13-34(31,32)33)19-5-6-20-24-21(9-11-26(19,20)3)25(2)10-8-18(28)14-17(25)15-22(24)29/h16-22,24,28-29H,4-15H2,1-3H3,(H,27,30)(H,31,32,33)/t16-,17?,18-,19-,20+,21+,22+,24+,25+,26-/m1/s1. The minimum absolute atomic E-state index is 0.0625. The SMILES string of the molecule is C[C@H](CCC(=O)NCCS(=O)(=O)O)[C@H]1CC[C@H]2[C@@H]3[C@@H](O)CC4C[C@H](O)CC[C@]4(C)[C@H]3CC[C@]12C. The summed E-state index contributed by atoms with van der Waals surface area (Å²) in [7, 11) is -4.06. The quantitative estimate of drug-likeness (QED) is 0.398. The minimum atomic E-state index is -4.06. The molecule has 1 unspecified atom stereocenters. The first-order valence-corrected chi connectivity index (χ1v) is 15.0. The molecule has 4 saturated carbocycles. The zero-order chi connectivity index (χ0) is 24.9. The molecule has 10 atom stereocenters. The van der Waals surface area contributed by atoms with Gasteiger partial charge in [0.1, 0.15) is 0 Å². The molecular weight excluding hydrogens is 454 g/mol. The maximum absolute atomic E-state index is 12.2. The Hall–Kier alpha value is -0.700. The first-order chi connectivity index (χ1) is 15.8. The summed E-state index contributed by atoms with van der Waals surface area (Å²) in [6.45, 7) is 7.05. The molecule has 0 radical (unpaired) electrons. The van der Waals surface area contributed by atoms with Crippen LogP contribution in [0.2, 0.25) is 0 Å². The molecule has 0 spiro atoms. The highest BCUT2D eigenvalue weighted by molar-refractivity contribution is 7.85. The van der Waals surface area contributed by atoms with E-state index in [0.29, 0.717) is 41.9 Å². The number of hydrogen-bond donors (Lipinski definition) is 4. The Balaban J connectivity index is 1.39. The molecule has 0 aromatic rings. The third kappa shape index (κ3) is 4.94. The maximum atomic E-state index is 12.2. The third-order valence-corrected chi connectivity index (χ3v) is 11.6. The second-order valence-corrected chi connectivity index (χ2v) is 14.2. The maximum Gasteiger partial charge on any atom is 0.266 e. The van der Waals surface area contributed by atoms with E-state index in [1.54, 1.807) is 0 Å². The van der Waals surface area contributed by atoms with Gasteiger partial charge < -0.3 is 15.5 Å². The van der Waals surface area contributed by atoms with Crippen LogP contribution in [0.3, 0.4) is 0 Å². The fourth-order valence-electron chi connectivity index (χ4n) is 9.14. The first-order valence-electron chi connectivity index (χ1n) is 13.4. The van der Waals surface area contributed by atoms with Crippen molar-refractivity contribution in [3.63, 3.8) is 0 Å². The molecule has 0 bridgehead atoms. The van der Waals surface area contributed by atoms with Crippen LogP contribution in [0.5, 0.6) is 0 Å². The molecule has 196 valence electrons. The van der Waals surface area contributed by atoms with E-state index in [1.807, 2.05) is 0 Å². The van der Waals surface area contributed by atoms with Gasteiger partial charge in [0.15, 0.2) is 0 Å². The van der Waals surface area contributed by atoms with E-state index in [4.69, 9.17) is 4.55 Å². The van der Waals surface area contributed by atoms with Crippen molar-refractivity contribution in [3.8, 4) is 0 Å². The molecule has 4 aliphatic carbocycles. The highest BCUT2D eigenvalue weighted by atomic mass is 32.2. The summed E-state index contributed by atoms with van der Waals surface area (Å²) in [4.78, 5) is 12.2. The number of carbonyl (C=O) groups is 1. The molecule has 8 heteroatoms. The normalized spacial score (nSPS) is 45.1. The van der Waals surface area contributed by atoms with Gasteiger partial charge in [-0.05, 0) is 104 Å².